The minimum atomic E-state index is -4.69. The lowest BCUT2D eigenvalue weighted by Crippen LogP contribution is -2.37. The third-order valence-corrected chi connectivity index (χ3v) is 8.89. The second kappa shape index (κ2) is 13.3. The summed E-state index contributed by atoms with van der Waals surface area (Å²) < 4.78 is 54.3. The van der Waals surface area contributed by atoms with Gasteiger partial charge >= 0.3 is 15.6 Å². The summed E-state index contributed by atoms with van der Waals surface area (Å²) in [7, 11) is -7.51. The normalized spacial score (nSPS) is 29.1. The SMILES string of the molecule is Nc1nc2c(ncn2[C@@H]2O[C@H](CO)C(OCP(=O)(O)OC[C@H]3O[C@@H](n4cnc5c(=O)[nH]c(N)nc54)C(O)C3OC[P+](=O)O)C2O)c(=O)[nH]1. The summed E-state index contributed by atoms with van der Waals surface area (Å²) in [6, 6.07) is 0. The van der Waals surface area contributed by atoms with Gasteiger partial charge in [0.15, 0.2) is 34.8 Å². The van der Waals surface area contributed by atoms with Crippen molar-refractivity contribution in [1.29, 1.82) is 0 Å². The molecular weight excluding hydrogens is 690 g/mol. The Morgan fingerprint density at radius 1 is 0.917 bits per heavy atom. The summed E-state index contributed by atoms with van der Waals surface area (Å²) in [4.78, 5) is 64.6. The molecule has 0 spiro atoms. The van der Waals surface area contributed by atoms with E-state index < -0.39 is 102 Å². The molecule has 0 radical (unpaired) electrons. The summed E-state index contributed by atoms with van der Waals surface area (Å²) in [5.41, 5.74) is 9.59. The van der Waals surface area contributed by atoms with Crippen molar-refractivity contribution in [3.05, 3.63) is 33.4 Å². The number of nitrogens with two attached hydrogens (primary N) is 2. The van der Waals surface area contributed by atoms with E-state index in [1.165, 1.54) is 9.13 Å². The summed E-state index contributed by atoms with van der Waals surface area (Å²) in [6.07, 6.45) is -10.6. The predicted molar refractivity (Wildman–Crippen MR) is 157 cm³/mol. The summed E-state index contributed by atoms with van der Waals surface area (Å²) in [6.45, 7) is -1.41. The molecule has 0 aromatic carbocycles. The molecule has 10 atom stereocenters. The van der Waals surface area contributed by atoms with Gasteiger partial charge < -0.3 is 55.2 Å². The summed E-state index contributed by atoms with van der Waals surface area (Å²) in [5.74, 6) is -0.486. The van der Waals surface area contributed by atoms with Gasteiger partial charge in [0.1, 0.15) is 43.0 Å². The van der Waals surface area contributed by atoms with Crippen molar-refractivity contribution < 1.29 is 57.7 Å². The van der Waals surface area contributed by atoms with Gasteiger partial charge in [0.05, 0.1) is 25.9 Å². The number of aromatic amines is 2. The second-order valence-corrected chi connectivity index (χ2v) is 13.4. The Hall–Kier alpha value is -3.77. The largest absolute Gasteiger partial charge is 0.534 e. The summed E-state index contributed by atoms with van der Waals surface area (Å²) >= 11 is 0. The maximum absolute atomic E-state index is 13.0. The van der Waals surface area contributed by atoms with Crippen LogP contribution in [0.5, 0.6) is 0 Å². The molecule has 26 heteroatoms. The Morgan fingerprint density at radius 2 is 1.42 bits per heavy atom. The molecule has 0 amide bonds. The highest BCUT2D eigenvalue weighted by molar-refractivity contribution is 7.52. The fraction of sp³-hybridized carbons (Fsp3) is 0.545. The van der Waals surface area contributed by atoms with Crippen LogP contribution in [0.25, 0.3) is 22.3 Å². The average Bonchev–Trinajstić information content (AvgIpc) is 3.77. The minimum Gasteiger partial charge on any atom is -0.394 e. The van der Waals surface area contributed by atoms with E-state index in [2.05, 4.69) is 29.9 Å². The van der Waals surface area contributed by atoms with Gasteiger partial charge in [-0.1, -0.05) is 0 Å². The molecule has 24 nitrogen and oxygen atoms in total. The van der Waals surface area contributed by atoms with Crippen molar-refractivity contribution in [1.82, 2.24) is 39.0 Å². The quantitative estimate of drug-likeness (QED) is 0.0642. The molecule has 4 aromatic heterocycles. The number of aromatic nitrogens is 8. The van der Waals surface area contributed by atoms with E-state index in [9.17, 15) is 43.8 Å². The van der Waals surface area contributed by atoms with Crippen molar-refractivity contribution >= 4 is 49.8 Å². The molecule has 2 aliphatic heterocycles. The summed E-state index contributed by atoms with van der Waals surface area (Å²) in [5, 5.41) is 31.9. The molecule has 2 aliphatic rings. The lowest BCUT2D eigenvalue weighted by molar-refractivity contribution is -0.0605. The van der Waals surface area contributed by atoms with E-state index in [4.69, 9.17) is 34.9 Å². The van der Waals surface area contributed by atoms with Crippen LogP contribution < -0.4 is 22.6 Å². The molecule has 11 N–H and O–H groups in total. The standard InChI is InChI=1S/C22H28N10O14P2/c23-21-27-15-9(17(36)29-21)25-3-31(15)19-11(34)13(7(1-33)45-19)43-6-48(40,41)44-2-8-14(42-5-47(38)39)12(35)20(46-8)32-4-26-10-16(32)28-22(24)30-18(10)37/h3-4,7-8,11-14,19-20,33-35H,1-2,5-6H2,(H7-,23,24,27,28,29,30,36,37,38,39,40,41)/p+1/t7-,8-,11?,12?,13?,14?,19-,20-/m1/s1. The van der Waals surface area contributed by atoms with Crippen LogP contribution in [0.4, 0.5) is 11.9 Å². The highest BCUT2D eigenvalue weighted by atomic mass is 31.2. The number of nitrogens with one attached hydrogen (secondary N) is 2. The molecule has 0 saturated carbocycles. The van der Waals surface area contributed by atoms with Gasteiger partial charge in [0.2, 0.25) is 11.9 Å². The van der Waals surface area contributed by atoms with Crippen LogP contribution in [-0.2, 0) is 32.6 Å². The zero-order chi connectivity index (χ0) is 34.5. The predicted octanol–water partition coefficient (Wildman–Crippen LogP) is -3.45. The fourth-order valence-electron chi connectivity index (χ4n) is 5.41. The maximum Gasteiger partial charge on any atom is 0.534 e. The molecule has 260 valence electrons. The van der Waals surface area contributed by atoms with E-state index in [-0.39, 0.29) is 34.2 Å². The maximum atomic E-state index is 13.0. The van der Waals surface area contributed by atoms with Gasteiger partial charge in [0, 0.05) is 0 Å². The number of aliphatic hydroxyl groups is 3. The van der Waals surface area contributed by atoms with E-state index in [1.807, 2.05) is 0 Å². The minimum absolute atomic E-state index is 0.0388. The number of hydrogen-bond acceptors (Lipinski definition) is 18. The molecule has 0 aliphatic carbocycles. The first kappa shape index (κ1) is 34.1. The topological polar surface area (TPSA) is 361 Å². The molecule has 0 bridgehead atoms. The van der Waals surface area contributed by atoms with E-state index >= 15 is 0 Å². The number of hydrogen-bond donors (Lipinski definition) is 9. The molecule has 2 saturated heterocycles. The average molecular weight is 719 g/mol. The van der Waals surface area contributed by atoms with Crippen molar-refractivity contribution in [2.24, 2.45) is 0 Å². The lowest BCUT2D eigenvalue weighted by Gasteiger charge is -2.23. The van der Waals surface area contributed by atoms with Crippen molar-refractivity contribution in [3.8, 4) is 0 Å². The number of ether oxygens (including phenoxy) is 4. The van der Waals surface area contributed by atoms with Crippen LogP contribution in [-0.4, -0.2) is 127 Å². The number of rotatable bonds is 12. The van der Waals surface area contributed by atoms with Gasteiger partial charge in [-0.3, -0.25) is 33.3 Å². The van der Waals surface area contributed by atoms with Gasteiger partial charge in [-0.15, -0.1) is 0 Å². The van der Waals surface area contributed by atoms with Crippen LogP contribution in [0.3, 0.4) is 0 Å². The molecule has 48 heavy (non-hydrogen) atoms. The Balaban J connectivity index is 1.14. The third-order valence-electron chi connectivity index (χ3n) is 7.50. The Morgan fingerprint density at radius 3 is 1.92 bits per heavy atom. The van der Waals surface area contributed by atoms with Crippen molar-refractivity contribution in [2.45, 2.75) is 49.1 Å². The second-order valence-electron chi connectivity index (χ2n) is 10.7. The molecule has 4 aromatic rings. The zero-order valence-corrected chi connectivity index (χ0v) is 26.0. The zero-order valence-electron chi connectivity index (χ0n) is 24.2. The fourth-order valence-corrected chi connectivity index (χ4v) is 6.52. The highest BCUT2D eigenvalue weighted by Gasteiger charge is 2.49. The lowest BCUT2D eigenvalue weighted by atomic mass is 10.1. The van der Waals surface area contributed by atoms with Crippen LogP contribution in [0, 0.1) is 0 Å². The molecule has 2 fully saturated rings. The third kappa shape index (κ3) is 6.48. The number of nitrogen functional groups attached to an aromatic ring is 2. The van der Waals surface area contributed by atoms with Gasteiger partial charge in [-0.25, -0.2) is 9.97 Å². The number of anilines is 2. The van der Waals surface area contributed by atoms with Crippen LogP contribution in [0.2, 0.25) is 0 Å². The highest BCUT2D eigenvalue weighted by Crippen LogP contribution is 2.45. The number of imidazole rings is 2. The number of aliphatic hydroxyl groups excluding tert-OH is 3. The number of fused-ring (bicyclic) bond motifs is 2. The number of nitrogens with zero attached hydrogens (tertiary/aromatic N) is 6. The van der Waals surface area contributed by atoms with Crippen LogP contribution in [0.1, 0.15) is 12.5 Å². The van der Waals surface area contributed by atoms with Gasteiger partial charge in [0.25, 0.3) is 17.5 Å². The van der Waals surface area contributed by atoms with Crippen LogP contribution in [0.15, 0.2) is 22.2 Å². The Bertz CT molecular complexity index is 2000. The van der Waals surface area contributed by atoms with E-state index in [0.717, 1.165) is 12.7 Å². The Kier molecular flexibility index (Phi) is 9.43. The number of H-pyrrole nitrogens is 2. The van der Waals surface area contributed by atoms with E-state index in [1.54, 1.807) is 0 Å². The Labute approximate surface area is 266 Å². The first-order chi connectivity index (χ1) is 22.8. The van der Waals surface area contributed by atoms with Crippen molar-refractivity contribution in [2.75, 3.05) is 37.4 Å². The first-order valence-electron chi connectivity index (χ1n) is 13.8. The van der Waals surface area contributed by atoms with Gasteiger partial charge in [-0.2, -0.15) is 14.9 Å². The first-order valence-corrected chi connectivity index (χ1v) is 17.0. The molecule has 6 heterocycles. The van der Waals surface area contributed by atoms with Crippen molar-refractivity contribution in [3.63, 3.8) is 0 Å². The monoisotopic (exact) mass is 719 g/mol. The molecule has 6 rings (SSSR count). The van der Waals surface area contributed by atoms with Crippen LogP contribution >= 0.6 is 15.6 Å². The van der Waals surface area contributed by atoms with E-state index in [0.29, 0.717) is 0 Å². The molecular formula is C22H29N10O14P2+. The van der Waals surface area contributed by atoms with Gasteiger partial charge in [-0.05, 0) is 4.57 Å². The smallest absolute Gasteiger partial charge is 0.394 e. The molecule has 6 unspecified atom stereocenters.